The van der Waals surface area contributed by atoms with Gasteiger partial charge in [0.2, 0.25) is 11.8 Å². The van der Waals surface area contributed by atoms with E-state index in [9.17, 15) is 14.4 Å². The third-order valence-electron chi connectivity index (χ3n) is 3.09. The maximum Gasteiger partial charge on any atom is 0.305 e. The van der Waals surface area contributed by atoms with Crippen LogP contribution in [0.15, 0.2) is 0 Å². The molecule has 0 aromatic heterocycles. The van der Waals surface area contributed by atoms with Crippen molar-refractivity contribution in [3.8, 4) is 0 Å². The highest BCUT2D eigenvalue weighted by Gasteiger charge is 2.29. The van der Waals surface area contributed by atoms with Crippen molar-refractivity contribution < 1.29 is 19.5 Å². The highest BCUT2D eigenvalue weighted by Crippen LogP contribution is 2.19. The molecule has 0 spiro atoms. The van der Waals surface area contributed by atoms with Crippen LogP contribution in [0, 0.1) is 5.41 Å². The Morgan fingerprint density at radius 3 is 2.57 bits per heavy atom. The summed E-state index contributed by atoms with van der Waals surface area (Å²) in [6, 6.07) is -0.284. The van der Waals surface area contributed by atoms with Crippen molar-refractivity contribution in [2.24, 2.45) is 5.41 Å². The van der Waals surface area contributed by atoms with Crippen molar-refractivity contribution in [2.45, 2.75) is 39.7 Å². The topological polar surface area (TPSA) is 86.7 Å². The molecule has 21 heavy (non-hydrogen) atoms. The zero-order chi connectivity index (χ0) is 16.0. The van der Waals surface area contributed by atoms with Crippen LogP contribution in [0.4, 0.5) is 0 Å². The first kappa shape index (κ1) is 17.8. The number of rotatable bonds is 5. The van der Waals surface area contributed by atoms with Gasteiger partial charge >= 0.3 is 5.97 Å². The number of nitrogens with one attached hydrogen (secondary N) is 1. The Morgan fingerprint density at radius 1 is 1.33 bits per heavy atom. The van der Waals surface area contributed by atoms with Gasteiger partial charge in [0.1, 0.15) is 0 Å². The highest BCUT2D eigenvalue weighted by molar-refractivity contribution is 7.99. The predicted molar refractivity (Wildman–Crippen MR) is 82.2 cm³/mol. The van der Waals surface area contributed by atoms with Crippen molar-refractivity contribution in [1.82, 2.24) is 10.2 Å². The summed E-state index contributed by atoms with van der Waals surface area (Å²) in [5, 5.41) is 11.5. The molecule has 1 saturated heterocycles. The van der Waals surface area contributed by atoms with E-state index in [1.54, 1.807) is 16.7 Å². The van der Waals surface area contributed by atoms with E-state index in [1.807, 2.05) is 20.8 Å². The molecule has 1 rings (SSSR count). The van der Waals surface area contributed by atoms with Crippen LogP contribution in [-0.4, -0.2) is 58.4 Å². The summed E-state index contributed by atoms with van der Waals surface area (Å²) >= 11 is 1.65. The van der Waals surface area contributed by atoms with E-state index < -0.39 is 5.97 Å². The lowest BCUT2D eigenvalue weighted by Gasteiger charge is -2.34. The van der Waals surface area contributed by atoms with Gasteiger partial charge in [0.05, 0.1) is 19.0 Å². The monoisotopic (exact) mass is 316 g/mol. The van der Waals surface area contributed by atoms with Crippen LogP contribution >= 0.6 is 11.8 Å². The lowest BCUT2D eigenvalue weighted by atomic mass is 9.92. The fourth-order valence-electron chi connectivity index (χ4n) is 2.17. The maximum absolute atomic E-state index is 12.2. The van der Waals surface area contributed by atoms with E-state index in [4.69, 9.17) is 5.11 Å². The Labute approximate surface area is 129 Å². The van der Waals surface area contributed by atoms with Crippen molar-refractivity contribution in [3.63, 3.8) is 0 Å². The average molecular weight is 316 g/mol. The van der Waals surface area contributed by atoms with Gasteiger partial charge in [-0.25, -0.2) is 0 Å². The van der Waals surface area contributed by atoms with Gasteiger partial charge in [-0.2, -0.15) is 11.8 Å². The van der Waals surface area contributed by atoms with Gasteiger partial charge in [-0.1, -0.05) is 20.8 Å². The molecule has 1 aliphatic rings. The predicted octanol–water partition coefficient (Wildman–Crippen LogP) is 0.957. The average Bonchev–Trinajstić information content (AvgIpc) is 2.34. The van der Waals surface area contributed by atoms with E-state index in [0.717, 1.165) is 5.75 Å². The Bertz CT molecular complexity index is 406. The Hall–Kier alpha value is -1.24. The van der Waals surface area contributed by atoms with Crippen LogP contribution in [0.25, 0.3) is 0 Å². The molecular formula is C14H24N2O4S. The molecule has 0 aromatic rings. The molecule has 1 unspecified atom stereocenters. The molecule has 1 fully saturated rings. The standard InChI is InChI=1S/C14H24N2O4S/c1-14(2,3)7-11(17)15-8-12(18)16-4-5-21-9-10(16)6-13(19)20/h10H,4-9H2,1-3H3,(H,15,17)(H,19,20). The highest BCUT2D eigenvalue weighted by atomic mass is 32.2. The summed E-state index contributed by atoms with van der Waals surface area (Å²) < 4.78 is 0. The molecule has 2 amide bonds. The normalized spacial score (nSPS) is 19.2. The number of carbonyl (C=O) groups excluding carboxylic acids is 2. The van der Waals surface area contributed by atoms with Crippen LogP contribution in [0.5, 0.6) is 0 Å². The number of carboxylic acid groups (broad SMARTS) is 1. The first-order valence-electron chi connectivity index (χ1n) is 7.05. The molecule has 0 saturated carbocycles. The fourth-order valence-corrected chi connectivity index (χ4v) is 3.24. The summed E-state index contributed by atoms with van der Waals surface area (Å²) in [7, 11) is 0. The van der Waals surface area contributed by atoms with Gasteiger partial charge < -0.3 is 15.3 Å². The van der Waals surface area contributed by atoms with E-state index in [2.05, 4.69) is 5.32 Å². The first-order valence-corrected chi connectivity index (χ1v) is 8.20. The summed E-state index contributed by atoms with van der Waals surface area (Å²) in [4.78, 5) is 36.3. The SMILES string of the molecule is CC(C)(C)CC(=O)NCC(=O)N1CCSCC1CC(=O)O. The Kier molecular flexibility index (Phi) is 6.51. The van der Waals surface area contributed by atoms with Crippen molar-refractivity contribution in [2.75, 3.05) is 24.6 Å². The van der Waals surface area contributed by atoms with E-state index >= 15 is 0 Å². The van der Waals surface area contributed by atoms with Crippen molar-refractivity contribution >= 4 is 29.5 Å². The fraction of sp³-hybridized carbons (Fsp3) is 0.786. The van der Waals surface area contributed by atoms with Crippen LogP contribution in [0.2, 0.25) is 0 Å². The van der Waals surface area contributed by atoms with Gasteiger partial charge in [-0.15, -0.1) is 0 Å². The molecule has 1 aliphatic heterocycles. The minimum Gasteiger partial charge on any atom is -0.481 e. The molecule has 7 heteroatoms. The van der Waals surface area contributed by atoms with Gasteiger partial charge in [0.25, 0.3) is 0 Å². The minimum atomic E-state index is -0.905. The number of hydrogen-bond acceptors (Lipinski definition) is 4. The quantitative estimate of drug-likeness (QED) is 0.789. The van der Waals surface area contributed by atoms with Gasteiger partial charge in [0.15, 0.2) is 0 Å². The molecule has 0 aliphatic carbocycles. The third kappa shape index (κ3) is 6.84. The van der Waals surface area contributed by atoms with Crippen LogP contribution in [0.3, 0.4) is 0 Å². The Balaban J connectivity index is 2.48. The second-order valence-electron chi connectivity index (χ2n) is 6.43. The van der Waals surface area contributed by atoms with Crippen LogP contribution < -0.4 is 5.32 Å². The summed E-state index contributed by atoms with van der Waals surface area (Å²) in [5.74, 6) is 0.170. The van der Waals surface area contributed by atoms with Gasteiger partial charge in [0, 0.05) is 24.5 Å². The molecular weight excluding hydrogens is 292 g/mol. The molecule has 2 N–H and O–H groups in total. The largest absolute Gasteiger partial charge is 0.481 e. The molecule has 0 bridgehead atoms. The number of nitrogens with zero attached hydrogens (tertiary/aromatic N) is 1. The zero-order valence-corrected chi connectivity index (χ0v) is 13.7. The molecule has 1 atom stereocenters. The third-order valence-corrected chi connectivity index (χ3v) is 4.18. The van der Waals surface area contributed by atoms with Gasteiger partial charge in [-0.05, 0) is 5.41 Å². The minimum absolute atomic E-state index is 0.0469. The number of thioether (sulfide) groups is 1. The maximum atomic E-state index is 12.2. The number of aliphatic carboxylic acids is 1. The van der Waals surface area contributed by atoms with E-state index in [1.165, 1.54) is 0 Å². The lowest BCUT2D eigenvalue weighted by molar-refractivity contribution is -0.141. The second-order valence-corrected chi connectivity index (χ2v) is 7.58. The van der Waals surface area contributed by atoms with Crippen LogP contribution in [0.1, 0.15) is 33.6 Å². The van der Waals surface area contributed by atoms with Crippen molar-refractivity contribution in [3.05, 3.63) is 0 Å². The van der Waals surface area contributed by atoms with Gasteiger partial charge in [-0.3, -0.25) is 14.4 Å². The molecule has 0 radical (unpaired) electrons. The van der Waals surface area contributed by atoms with E-state index in [0.29, 0.717) is 18.7 Å². The van der Waals surface area contributed by atoms with Crippen molar-refractivity contribution in [1.29, 1.82) is 0 Å². The summed E-state index contributed by atoms with van der Waals surface area (Å²) in [6.45, 7) is 6.35. The first-order chi connectivity index (χ1) is 9.69. The smallest absolute Gasteiger partial charge is 0.305 e. The molecule has 0 aromatic carbocycles. The second kappa shape index (κ2) is 7.68. The van der Waals surface area contributed by atoms with E-state index in [-0.39, 0.29) is 36.2 Å². The molecule has 1 heterocycles. The summed E-state index contributed by atoms with van der Waals surface area (Å²) in [6.07, 6.45) is 0.309. The number of carbonyl (C=O) groups is 3. The number of hydrogen-bond donors (Lipinski definition) is 2. The summed E-state index contributed by atoms with van der Waals surface area (Å²) in [5.41, 5.74) is -0.124. The Morgan fingerprint density at radius 2 is 2.00 bits per heavy atom. The molecule has 120 valence electrons. The zero-order valence-electron chi connectivity index (χ0n) is 12.8. The molecule has 6 nitrogen and oxygen atoms in total. The number of carboxylic acids is 1. The lowest BCUT2D eigenvalue weighted by Crippen LogP contribution is -2.50. The number of amides is 2. The van der Waals surface area contributed by atoms with Crippen LogP contribution in [-0.2, 0) is 14.4 Å².